The van der Waals surface area contributed by atoms with Crippen molar-refractivity contribution in [1.29, 1.82) is 0 Å². The van der Waals surface area contributed by atoms with E-state index in [2.05, 4.69) is 81.6 Å². The number of allylic oxidation sites excluding steroid dienone is 2. The van der Waals surface area contributed by atoms with Gasteiger partial charge in [0.2, 0.25) is 0 Å². The van der Waals surface area contributed by atoms with Crippen molar-refractivity contribution in [1.82, 2.24) is 0 Å². The van der Waals surface area contributed by atoms with Gasteiger partial charge in [0, 0.05) is 33.4 Å². The van der Waals surface area contributed by atoms with Gasteiger partial charge < -0.3 is 0 Å². The number of thiophene rings is 1. The smallest absolute Gasteiger partial charge is 0.186 e. The molecule has 2 heteroatoms. The Balaban J connectivity index is 1.54. The molecule has 2 aromatic carbocycles. The van der Waals surface area contributed by atoms with Gasteiger partial charge in [-0.05, 0) is 67.0 Å². The van der Waals surface area contributed by atoms with Crippen LogP contribution in [0.15, 0.2) is 66.1 Å². The Kier molecular flexibility index (Phi) is 5.01. The monoisotopic (exact) mass is 389 g/mol. The lowest BCUT2D eigenvalue weighted by molar-refractivity contribution is 0.0897. The number of aryl methyl sites for hydroxylation is 1. The van der Waals surface area contributed by atoms with E-state index in [-0.39, 0.29) is 21.7 Å². The second-order valence-electron chi connectivity index (χ2n) is 8.95. The Morgan fingerprint density at radius 2 is 1.79 bits per heavy atom. The molecule has 0 fully saturated rings. The van der Waals surface area contributed by atoms with E-state index in [1.165, 1.54) is 20.5 Å². The molecule has 3 atom stereocenters. The Labute approximate surface area is 171 Å². The topological polar surface area (TPSA) is 17.1 Å². The molecule has 0 spiro atoms. The molecule has 28 heavy (non-hydrogen) atoms. The molecule has 1 aliphatic carbocycles. The van der Waals surface area contributed by atoms with Crippen LogP contribution in [0.3, 0.4) is 0 Å². The maximum Gasteiger partial charge on any atom is 0.186 e. The lowest BCUT2D eigenvalue weighted by Crippen LogP contribution is -2.25. The summed E-state index contributed by atoms with van der Waals surface area (Å²) in [5, 5.41) is 3.71. The molecule has 144 valence electrons. The fourth-order valence-corrected chi connectivity index (χ4v) is 6.50. The van der Waals surface area contributed by atoms with Crippen molar-refractivity contribution in [2.24, 2.45) is 17.3 Å². The van der Waals surface area contributed by atoms with Gasteiger partial charge in [0.05, 0.1) is 0 Å². The Bertz CT molecular complexity index is 1040. The van der Waals surface area contributed by atoms with Crippen molar-refractivity contribution >= 4 is 26.3 Å². The first-order chi connectivity index (χ1) is 13.3. The molecule has 1 aliphatic rings. The number of ketones is 1. The normalized spacial score (nSPS) is 20.1. The molecule has 3 aromatic rings. The summed E-state index contributed by atoms with van der Waals surface area (Å²) in [6.07, 6.45) is 6.37. The minimum atomic E-state index is -0.0247. The van der Waals surface area contributed by atoms with E-state index < -0.39 is 0 Å². The Morgan fingerprint density at radius 1 is 1.07 bits per heavy atom. The first kappa shape index (κ1) is 19.1. The Hall–Kier alpha value is -2.19. The first-order valence-electron chi connectivity index (χ1n) is 10.2. The average Bonchev–Trinajstić information content (AvgIpc) is 3.26. The predicted molar refractivity (Wildman–Crippen MR) is 122 cm³/mol. The number of fused-ring (bicyclic) bond motifs is 1. The van der Waals surface area contributed by atoms with Gasteiger partial charge in [-0.1, -0.05) is 45.1 Å². The molecule has 1 nitrogen and oxygen atoms in total. The van der Waals surface area contributed by atoms with Gasteiger partial charge in [0.15, 0.2) is 15.4 Å². The largest absolute Gasteiger partial charge is 0.294 e. The van der Waals surface area contributed by atoms with Crippen LogP contribution in [0.5, 0.6) is 0 Å². The summed E-state index contributed by atoms with van der Waals surface area (Å²) in [5.74, 6) is 1.38. The van der Waals surface area contributed by atoms with Crippen LogP contribution >= 0.6 is 10.5 Å². The second kappa shape index (κ2) is 7.33. The average molecular weight is 390 g/mol. The molecule has 0 saturated carbocycles. The molecule has 0 radical (unpaired) electrons. The summed E-state index contributed by atoms with van der Waals surface area (Å²) >= 11 is 0. The zero-order valence-electron chi connectivity index (χ0n) is 17.2. The molecule has 1 aromatic heterocycles. The lowest BCUT2D eigenvalue weighted by Gasteiger charge is -2.30. The highest BCUT2D eigenvalue weighted by molar-refractivity contribution is 7.43. The van der Waals surface area contributed by atoms with Gasteiger partial charge in [-0.15, -0.1) is 0 Å². The third kappa shape index (κ3) is 3.58. The van der Waals surface area contributed by atoms with Crippen LogP contribution in [-0.2, 0) is 0 Å². The molecule has 4 rings (SSSR count). The van der Waals surface area contributed by atoms with Gasteiger partial charge in [-0.25, -0.2) is 0 Å². The first-order valence-corrected chi connectivity index (χ1v) is 11.5. The minimum absolute atomic E-state index is 0.00298. The molecule has 3 unspecified atom stereocenters. The molecule has 0 amide bonds. The maximum atomic E-state index is 12.9. The van der Waals surface area contributed by atoms with Gasteiger partial charge >= 0.3 is 0 Å². The number of hydrogen-bond donors (Lipinski definition) is 0. The number of carbonyl (C=O) groups is 1. The zero-order chi connectivity index (χ0) is 19.9. The maximum absolute atomic E-state index is 12.9. The van der Waals surface area contributed by atoms with Crippen LogP contribution in [0.25, 0.3) is 15.0 Å². The summed E-state index contributed by atoms with van der Waals surface area (Å²) in [7, 11) is -0.0247. The van der Waals surface area contributed by atoms with E-state index in [0.717, 1.165) is 12.0 Å². The van der Waals surface area contributed by atoms with Crippen LogP contribution in [-0.4, -0.2) is 5.78 Å². The molecule has 1 heterocycles. The van der Waals surface area contributed by atoms with E-state index in [1.807, 2.05) is 12.1 Å². The van der Waals surface area contributed by atoms with Gasteiger partial charge in [-0.3, -0.25) is 4.79 Å². The van der Waals surface area contributed by atoms with Crippen molar-refractivity contribution in [3.05, 3.63) is 77.2 Å². The molecule has 0 aliphatic heterocycles. The van der Waals surface area contributed by atoms with Crippen LogP contribution < -0.4 is 0 Å². The highest BCUT2D eigenvalue weighted by Crippen LogP contribution is 2.43. The molecule has 0 saturated heterocycles. The van der Waals surface area contributed by atoms with Crippen molar-refractivity contribution in [2.75, 3.05) is 0 Å². The predicted octanol–water partition coefficient (Wildman–Crippen LogP) is 7.70. The highest BCUT2D eigenvalue weighted by Gasteiger charge is 2.33. The standard InChI is InChI=1S/C26H29OS/c1-18-9-12-21(15-18)26(3,4)16-24(27)20-10-13-22(14-11-20)28-17-19(2)23-7-5-6-8-25(23)28/h5-14,17-18,21H,15-16H2,1-4H3/q+1. The molecule has 0 bridgehead atoms. The number of benzene rings is 2. The molecular formula is C26H29OS+. The van der Waals surface area contributed by atoms with E-state index in [9.17, 15) is 4.79 Å². The minimum Gasteiger partial charge on any atom is -0.294 e. The fourth-order valence-electron chi connectivity index (χ4n) is 4.38. The Morgan fingerprint density at radius 3 is 2.46 bits per heavy atom. The van der Waals surface area contributed by atoms with Crippen molar-refractivity contribution in [2.45, 2.75) is 40.5 Å². The summed E-state index contributed by atoms with van der Waals surface area (Å²) in [4.78, 5) is 14.2. The fraction of sp³-hybridized carbons (Fsp3) is 0.346. The van der Waals surface area contributed by atoms with Crippen LogP contribution in [0.4, 0.5) is 0 Å². The number of hydrogen-bond acceptors (Lipinski definition) is 1. The summed E-state index contributed by atoms with van der Waals surface area (Å²) in [5.41, 5.74) is 2.19. The van der Waals surface area contributed by atoms with Crippen LogP contribution in [0.2, 0.25) is 0 Å². The van der Waals surface area contributed by atoms with Gasteiger partial charge in [-0.2, -0.15) is 0 Å². The van der Waals surface area contributed by atoms with Crippen molar-refractivity contribution in [3.8, 4) is 4.90 Å². The molecular weight excluding hydrogens is 360 g/mol. The summed E-state index contributed by atoms with van der Waals surface area (Å²) in [6, 6.07) is 17.0. The van der Waals surface area contributed by atoms with Gasteiger partial charge in [0.25, 0.3) is 0 Å². The number of Topliss-reactive ketones (excluding diaryl/α,β-unsaturated/α-hetero) is 1. The van der Waals surface area contributed by atoms with E-state index in [0.29, 0.717) is 18.3 Å². The lowest BCUT2D eigenvalue weighted by atomic mass is 9.73. The number of carbonyl (C=O) groups excluding carboxylic acids is 1. The zero-order valence-corrected chi connectivity index (χ0v) is 18.1. The third-order valence-electron chi connectivity index (χ3n) is 6.19. The van der Waals surface area contributed by atoms with E-state index in [1.54, 1.807) is 0 Å². The third-order valence-corrected chi connectivity index (χ3v) is 8.39. The van der Waals surface area contributed by atoms with Gasteiger partial charge in [0.1, 0.15) is 5.38 Å². The highest BCUT2D eigenvalue weighted by atomic mass is 32.2. The number of rotatable bonds is 5. The SMILES string of the molecule is Cc1c[s+](-c2ccc(C(=O)CC(C)(C)C3C=CC(C)C3)cc2)c2ccccc12. The quantitative estimate of drug-likeness (QED) is 0.248. The second-order valence-corrected chi connectivity index (χ2v) is 10.8. The summed E-state index contributed by atoms with van der Waals surface area (Å²) < 4.78 is 1.39. The summed E-state index contributed by atoms with van der Waals surface area (Å²) in [6.45, 7) is 8.91. The van der Waals surface area contributed by atoms with E-state index >= 15 is 0 Å². The van der Waals surface area contributed by atoms with Crippen LogP contribution in [0.1, 0.15) is 49.5 Å². The molecule has 0 N–H and O–H groups in total. The van der Waals surface area contributed by atoms with E-state index in [4.69, 9.17) is 0 Å². The van der Waals surface area contributed by atoms with Crippen molar-refractivity contribution < 1.29 is 4.79 Å². The van der Waals surface area contributed by atoms with Crippen molar-refractivity contribution in [3.63, 3.8) is 0 Å². The van der Waals surface area contributed by atoms with Crippen LogP contribution in [0, 0.1) is 24.2 Å².